The summed E-state index contributed by atoms with van der Waals surface area (Å²) in [7, 11) is 0. The lowest BCUT2D eigenvalue weighted by molar-refractivity contribution is 0.1000. The monoisotopic (exact) mass is 178 g/mol. The van der Waals surface area contributed by atoms with Gasteiger partial charge in [-0.2, -0.15) is 0 Å². The van der Waals surface area contributed by atoms with Gasteiger partial charge in [-0.05, 0) is 24.6 Å². The van der Waals surface area contributed by atoms with Crippen molar-refractivity contribution >= 4 is 5.91 Å². The van der Waals surface area contributed by atoms with Gasteiger partial charge in [0.2, 0.25) is 5.91 Å². The van der Waals surface area contributed by atoms with Crippen LogP contribution in [-0.4, -0.2) is 17.6 Å². The van der Waals surface area contributed by atoms with E-state index in [2.05, 4.69) is 6.92 Å². The number of rotatable bonds is 3. The molecule has 0 saturated heterocycles. The Balaban J connectivity index is 2.98. The minimum absolute atomic E-state index is 0.0395. The highest BCUT2D eigenvalue weighted by Gasteiger charge is 2.06. The molecule has 3 nitrogen and oxygen atoms in total. The maximum absolute atomic E-state index is 10.8. The molecular formula is C10H12NO2. The van der Waals surface area contributed by atoms with Gasteiger partial charge in [-0.25, -0.2) is 0 Å². The third-order valence-corrected chi connectivity index (χ3v) is 1.86. The SMILES string of the molecule is [CH2]C(CO)c1cccc(C(N)=O)c1. The summed E-state index contributed by atoms with van der Waals surface area (Å²) in [4.78, 5) is 10.8. The summed E-state index contributed by atoms with van der Waals surface area (Å²) in [5.41, 5.74) is 6.36. The van der Waals surface area contributed by atoms with Crippen molar-refractivity contribution in [2.45, 2.75) is 5.92 Å². The Morgan fingerprint density at radius 2 is 2.31 bits per heavy atom. The van der Waals surface area contributed by atoms with Gasteiger partial charge in [-0.1, -0.05) is 12.1 Å². The van der Waals surface area contributed by atoms with Crippen LogP contribution >= 0.6 is 0 Å². The normalized spacial score (nSPS) is 12.5. The minimum Gasteiger partial charge on any atom is -0.396 e. The molecule has 1 unspecified atom stereocenters. The molecule has 0 saturated carbocycles. The predicted octanol–water partition coefficient (Wildman–Crippen LogP) is 0.695. The molecule has 0 aromatic heterocycles. The van der Waals surface area contributed by atoms with Crippen LogP contribution in [-0.2, 0) is 0 Å². The van der Waals surface area contributed by atoms with Crippen molar-refractivity contribution in [3.63, 3.8) is 0 Å². The van der Waals surface area contributed by atoms with Crippen LogP contribution in [0.1, 0.15) is 21.8 Å². The van der Waals surface area contributed by atoms with E-state index in [0.29, 0.717) is 5.56 Å². The number of nitrogens with two attached hydrogens (primary N) is 1. The van der Waals surface area contributed by atoms with Crippen molar-refractivity contribution < 1.29 is 9.90 Å². The van der Waals surface area contributed by atoms with Gasteiger partial charge in [0.1, 0.15) is 0 Å². The van der Waals surface area contributed by atoms with Gasteiger partial charge in [0.15, 0.2) is 0 Å². The van der Waals surface area contributed by atoms with Crippen LogP contribution in [0.25, 0.3) is 0 Å². The third kappa shape index (κ3) is 2.29. The zero-order chi connectivity index (χ0) is 9.84. The Morgan fingerprint density at radius 3 is 2.85 bits per heavy atom. The van der Waals surface area contributed by atoms with E-state index in [1.54, 1.807) is 24.3 Å². The van der Waals surface area contributed by atoms with Crippen LogP contribution in [0.4, 0.5) is 0 Å². The molecule has 1 aromatic carbocycles. The van der Waals surface area contributed by atoms with Crippen LogP contribution in [0.5, 0.6) is 0 Å². The molecule has 1 atom stereocenters. The third-order valence-electron chi connectivity index (χ3n) is 1.86. The molecule has 13 heavy (non-hydrogen) atoms. The average molecular weight is 178 g/mol. The largest absolute Gasteiger partial charge is 0.396 e. The lowest BCUT2D eigenvalue weighted by Crippen LogP contribution is -2.11. The Bertz CT molecular complexity index is 310. The lowest BCUT2D eigenvalue weighted by Gasteiger charge is -2.08. The number of benzene rings is 1. The molecule has 0 aliphatic heterocycles. The minimum atomic E-state index is -0.466. The Hall–Kier alpha value is -1.35. The molecule has 1 rings (SSSR count). The molecule has 0 bridgehead atoms. The van der Waals surface area contributed by atoms with Crippen molar-refractivity contribution in [1.82, 2.24) is 0 Å². The zero-order valence-corrected chi connectivity index (χ0v) is 7.23. The predicted molar refractivity (Wildman–Crippen MR) is 50.1 cm³/mol. The van der Waals surface area contributed by atoms with Crippen molar-refractivity contribution in [2.75, 3.05) is 6.61 Å². The standard InChI is InChI=1S/C10H12NO2/c1-7(6-12)8-3-2-4-9(5-8)10(11)13/h2-5,7,12H,1,6H2,(H2,11,13). The molecule has 3 heteroatoms. The van der Waals surface area contributed by atoms with Crippen LogP contribution in [0, 0.1) is 6.92 Å². The summed E-state index contributed by atoms with van der Waals surface area (Å²) < 4.78 is 0. The molecule has 0 heterocycles. The van der Waals surface area contributed by atoms with Crippen LogP contribution < -0.4 is 5.73 Å². The number of carbonyl (C=O) groups excluding carboxylic acids is 1. The first-order valence-electron chi connectivity index (χ1n) is 3.99. The average Bonchev–Trinajstić information content (AvgIpc) is 2.17. The Labute approximate surface area is 77.2 Å². The smallest absolute Gasteiger partial charge is 0.248 e. The van der Waals surface area contributed by atoms with Gasteiger partial charge in [0, 0.05) is 18.1 Å². The zero-order valence-electron chi connectivity index (χ0n) is 7.23. The number of hydrogen-bond acceptors (Lipinski definition) is 2. The van der Waals surface area contributed by atoms with E-state index in [9.17, 15) is 4.79 Å². The molecule has 69 valence electrons. The van der Waals surface area contributed by atoms with Crippen molar-refractivity contribution in [2.24, 2.45) is 5.73 Å². The Morgan fingerprint density at radius 1 is 1.62 bits per heavy atom. The second-order valence-corrected chi connectivity index (χ2v) is 2.87. The first-order chi connectivity index (χ1) is 6.15. The fourth-order valence-electron chi connectivity index (χ4n) is 1.05. The van der Waals surface area contributed by atoms with Gasteiger partial charge in [0.25, 0.3) is 0 Å². The van der Waals surface area contributed by atoms with Gasteiger partial charge in [0.05, 0.1) is 0 Å². The summed E-state index contributed by atoms with van der Waals surface area (Å²) in [6.45, 7) is 3.69. The van der Waals surface area contributed by atoms with E-state index in [1.807, 2.05) is 0 Å². The van der Waals surface area contributed by atoms with Crippen molar-refractivity contribution in [1.29, 1.82) is 0 Å². The van der Waals surface area contributed by atoms with E-state index in [-0.39, 0.29) is 12.5 Å². The number of aliphatic hydroxyl groups is 1. The van der Waals surface area contributed by atoms with E-state index < -0.39 is 5.91 Å². The highest BCUT2D eigenvalue weighted by molar-refractivity contribution is 5.92. The summed E-state index contributed by atoms with van der Waals surface area (Å²) >= 11 is 0. The van der Waals surface area contributed by atoms with E-state index >= 15 is 0 Å². The van der Waals surface area contributed by atoms with Gasteiger partial charge < -0.3 is 10.8 Å². The fourth-order valence-corrected chi connectivity index (χ4v) is 1.05. The quantitative estimate of drug-likeness (QED) is 0.715. The summed E-state index contributed by atoms with van der Waals surface area (Å²) in [6.07, 6.45) is 0. The van der Waals surface area contributed by atoms with E-state index in [0.717, 1.165) is 5.56 Å². The lowest BCUT2D eigenvalue weighted by atomic mass is 10.00. The highest BCUT2D eigenvalue weighted by Crippen LogP contribution is 2.14. The Kier molecular flexibility index (Phi) is 3.03. The molecule has 1 aromatic rings. The van der Waals surface area contributed by atoms with Crippen LogP contribution in [0.15, 0.2) is 24.3 Å². The second-order valence-electron chi connectivity index (χ2n) is 2.87. The number of carbonyl (C=O) groups is 1. The topological polar surface area (TPSA) is 63.3 Å². The van der Waals surface area contributed by atoms with Crippen molar-refractivity contribution in [3.05, 3.63) is 42.3 Å². The molecular weight excluding hydrogens is 166 g/mol. The first kappa shape index (κ1) is 9.74. The molecule has 3 N–H and O–H groups in total. The van der Waals surface area contributed by atoms with Crippen molar-refractivity contribution in [3.8, 4) is 0 Å². The number of amides is 1. The summed E-state index contributed by atoms with van der Waals surface area (Å²) in [5, 5.41) is 8.84. The fraction of sp³-hybridized carbons (Fsp3) is 0.200. The molecule has 1 radical (unpaired) electrons. The molecule has 1 amide bonds. The molecule has 0 fully saturated rings. The van der Waals surface area contributed by atoms with Gasteiger partial charge in [-0.15, -0.1) is 0 Å². The van der Waals surface area contributed by atoms with E-state index in [1.165, 1.54) is 0 Å². The molecule has 0 aliphatic rings. The van der Waals surface area contributed by atoms with Gasteiger partial charge in [-0.3, -0.25) is 4.79 Å². The maximum atomic E-state index is 10.8. The van der Waals surface area contributed by atoms with Crippen LogP contribution in [0.3, 0.4) is 0 Å². The van der Waals surface area contributed by atoms with E-state index in [4.69, 9.17) is 10.8 Å². The number of hydrogen-bond donors (Lipinski definition) is 2. The van der Waals surface area contributed by atoms with Crippen LogP contribution in [0.2, 0.25) is 0 Å². The number of aliphatic hydroxyl groups excluding tert-OH is 1. The number of primary amides is 1. The summed E-state index contributed by atoms with van der Waals surface area (Å²) in [6, 6.07) is 6.82. The van der Waals surface area contributed by atoms with Gasteiger partial charge >= 0.3 is 0 Å². The summed E-state index contributed by atoms with van der Waals surface area (Å²) in [5.74, 6) is -0.675. The maximum Gasteiger partial charge on any atom is 0.248 e. The second kappa shape index (κ2) is 4.05. The highest BCUT2D eigenvalue weighted by atomic mass is 16.3. The first-order valence-corrected chi connectivity index (χ1v) is 3.99. The molecule has 0 spiro atoms. The molecule has 0 aliphatic carbocycles.